The Balaban J connectivity index is 2.06. The minimum Gasteiger partial charge on any atom is -0.465 e. The molecule has 0 spiro atoms. The quantitative estimate of drug-likeness (QED) is 0.726. The Hall–Kier alpha value is -1.70. The molecule has 2 aromatic carbocycles. The Morgan fingerprint density at radius 2 is 1.73 bits per heavy atom. The van der Waals surface area contributed by atoms with E-state index >= 15 is 0 Å². The summed E-state index contributed by atoms with van der Waals surface area (Å²) in [5.74, 6) is -1.34. The van der Waals surface area contributed by atoms with Gasteiger partial charge in [0.1, 0.15) is 10.8 Å². The fourth-order valence-electron chi connectivity index (χ4n) is 3.30. The van der Waals surface area contributed by atoms with E-state index in [0.717, 1.165) is 10.0 Å². The Morgan fingerprint density at radius 1 is 1.15 bits per heavy atom. The zero-order valence-electron chi connectivity index (χ0n) is 14.5. The van der Waals surface area contributed by atoms with Crippen LogP contribution in [0.1, 0.15) is 24.0 Å². The molecular formula is C19H20BrNO4S. The molecule has 1 saturated carbocycles. The van der Waals surface area contributed by atoms with Crippen molar-refractivity contribution in [3.63, 3.8) is 0 Å². The van der Waals surface area contributed by atoms with Gasteiger partial charge in [-0.1, -0.05) is 45.8 Å². The molecule has 0 amide bonds. The van der Waals surface area contributed by atoms with Crippen molar-refractivity contribution in [2.75, 3.05) is 6.61 Å². The molecule has 0 unspecified atom stereocenters. The van der Waals surface area contributed by atoms with Crippen molar-refractivity contribution >= 4 is 31.7 Å². The van der Waals surface area contributed by atoms with E-state index in [1.807, 2.05) is 6.92 Å². The highest BCUT2D eigenvalue weighted by atomic mass is 79.9. The molecule has 0 radical (unpaired) electrons. The van der Waals surface area contributed by atoms with Crippen LogP contribution < -0.4 is 5.73 Å². The third-order valence-corrected chi connectivity index (χ3v) is 7.51. The van der Waals surface area contributed by atoms with Gasteiger partial charge in [0.15, 0.2) is 9.84 Å². The van der Waals surface area contributed by atoms with Gasteiger partial charge in [0, 0.05) is 10.4 Å². The molecule has 0 bridgehead atoms. The molecular weight excluding hydrogens is 418 g/mol. The fourth-order valence-corrected chi connectivity index (χ4v) is 5.80. The third-order valence-electron chi connectivity index (χ3n) is 4.72. The van der Waals surface area contributed by atoms with Crippen molar-refractivity contribution in [1.29, 1.82) is 0 Å². The first kappa shape index (κ1) is 19.1. The second-order valence-electron chi connectivity index (χ2n) is 6.46. The second-order valence-corrected chi connectivity index (χ2v) is 9.45. The summed E-state index contributed by atoms with van der Waals surface area (Å²) in [7, 11) is -3.80. The number of nitrogens with two attached hydrogens (primary N) is 1. The van der Waals surface area contributed by atoms with Crippen LogP contribution in [-0.4, -0.2) is 31.8 Å². The Morgan fingerprint density at radius 3 is 2.27 bits per heavy atom. The number of carbonyl (C=O) groups is 1. The number of sulfone groups is 1. The lowest BCUT2D eigenvalue weighted by Crippen LogP contribution is -2.41. The number of benzene rings is 2. The van der Waals surface area contributed by atoms with Crippen LogP contribution in [0.5, 0.6) is 0 Å². The van der Waals surface area contributed by atoms with E-state index in [2.05, 4.69) is 15.9 Å². The summed E-state index contributed by atoms with van der Waals surface area (Å²) in [5.41, 5.74) is 6.38. The minimum atomic E-state index is -3.80. The lowest BCUT2D eigenvalue weighted by atomic mass is 10.1. The second kappa shape index (κ2) is 6.79. The van der Waals surface area contributed by atoms with Crippen LogP contribution in [0.15, 0.2) is 57.9 Å². The van der Waals surface area contributed by atoms with Gasteiger partial charge in [-0.2, -0.15) is 0 Å². The smallest absolute Gasteiger partial charge is 0.328 e. The summed E-state index contributed by atoms with van der Waals surface area (Å²) in [5, 5.41) is -1.06. The highest BCUT2D eigenvalue weighted by Crippen LogP contribution is 2.56. The molecule has 26 heavy (non-hydrogen) atoms. The van der Waals surface area contributed by atoms with Gasteiger partial charge in [-0.05, 0) is 43.7 Å². The summed E-state index contributed by atoms with van der Waals surface area (Å²) < 4.78 is 32.3. The average molecular weight is 438 g/mol. The number of halogens is 1. The SMILES string of the molecule is CCOC(=O)[C@]1(N)[C@H](c2ccc(Br)cc2)[C@H]1S(=O)(=O)c1ccc(C)cc1. The maximum atomic E-state index is 13.2. The number of aryl methyl sites for hydroxylation is 1. The molecule has 0 aliphatic heterocycles. The van der Waals surface area contributed by atoms with Gasteiger partial charge < -0.3 is 10.5 Å². The van der Waals surface area contributed by atoms with E-state index in [1.54, 1.807) is 55.5 Å². The van der Waals surface area contributed by atoms with Gasteiger partial charge in [0.2, 0.25) is 0 Å². The molecule has 0 aromatic heterocycles. The van der Waals surface area contributed by atoms with Crippen molar-refractivity contribution in [2.24, 2.45) is 5.73 Å². The number of hydrogen-bond donors (Lipinski definition) is 1. The molecule has 5 nitrogen and oxygen atoms in total. The van der Waals surface area contributed by atoms with E-state index in [1.165, 1.54) is 0 Å². The van der Waals surface area contributed by atoms with E-state index in [-0.39, 0.29) is 11.5 Å². The first-order valence-electron chi connectivity index (χ1n) is 8.25. The Bertz CT molecular complexity index is 925. The first-order chi connectivity index (χ1) is 12.2. The molecule has 3 rings (SSSR count). The number of esters is 1. The molecule has 7 heteroatoms. The molecule has 2 N–H and O–H groups in total. The van der Waals surface area contributed by atoms with Gasteiger partial charge in [-0.25, -0.2) is 13.2 Å². The number of rotatable bonds is 5. The van der Waals surface area contributed by atoms with Crippen LogP contribution in [0, 0.1) is 6.92 Å². The van der Waals surface area contributed by atoms with Crippen LogP contribution >= 0.6 is 15.9 Å². The van der Waals surface area contributed by atoms with Crippen LogP contribution in [0.3, 0.4) is 0 Å². The molecule has 0 saturated heterocycles. The standard InChI is InChI=1S/C19H20BrNO4S/c1-3-25-18(22)19(21)16(13-6-8-14(20)9-7-13)17(19)26(23,24)15-10-4-12(2)5-11-15/h4-11,16-17H,3,21H2,1-2H3/t16-,17-,19+/m1/s1. The summed E-state index contributed by atoms with van der Waals surface area (Å²) in [6, 6.07) is 13.7. The Labute approximate surface area is 161 Å². The monoisotopic (exact) mass is 437 g/mol. The largest absolute Gasteiger partial charge is 0.465 e. The molecule has 3 atom stereocenters. The Kier molecular flexibility index (Phi) is 4.98. The molecule has 2 aromatic rings. The van der Waals surface area contributed by atoms with Crippen LogP contribution in [0.25, 0.3) is 0 Å². The highest BCUT2D eigenvalue weighted by molar-refractivity contribution is 9.10. The fraction of sp³-hybridized carbons (Fsp3) is 0.316. The van der Waals surface area contributed by atoms with Crippen molar-refractivity contribution in [3.8, 4) is 0 Å². The topological polar surface area (TPSA) is 86.5 Å². The van der Waals surface area contributed by atoms with Gasteiger partial charge in [0.05, 0.1) is 11.5 Å². The molecule has 138 valence electrons. The van der Waals surface area contributed by atoms with Crippen molar-refractivity contribution in [3.05, 3.63) is 64.1 Å². The van der Waals surface area contributed by atoms with Gasteiger partial charge in [-0.3, -0.25) is 0 Å². The van der Waals surface area contributed by atoms with Gasteiger partial charge >= 0.3 is 5.97 Å². The summed E-state index contributed by atoms with van der Waals surface area (Å²) in [6.07, 6.45) is 0. The van der Waals surface area contributed by atoms with Crippen molar-refractivity contribution in [1.82, 2.24) is 0 Å². The lowest BCUT2D eigenvalue weighted by molar-refractivity contribution is -0.145. The van der Waals surface area contributed by atoms with E-state index in [0.29, 0.717) is 5.56 Å². The maximum absolute atomic E-state index is 13.2. The predicted octanol–water partition coefficient (Wildman–Crippen LogP) is 2.96. The molecule has 0 heterocycles. The lowest BCUT2D eigenvalue weighted by Gasteiger charge is -2.11. The first-order valence-corrected chi connectivity index (χ1v) is 10.6. The summed E-state index contributed by atoms with van der Waals surface area (Å²) in [4.78, 5) is 12.7. The van der Waals surface area contributed by atoms with E-state index in [9.17, 15) is 13.2 Å². The maximum Gasteiger partial charge on any atom is 0.328 e. The van der Waals surface area contributed by atoms with Gasteiger partial charge in [0.25, 0.3) is 0 Å². The zero-order chi connectivity index (χ0) is 19.1. The third kappa shape index (κ3) is 3.08. The zero-order valence-corrected chi connectivity index (χ0v) is 16.9. The summed E-state index contributed by atoms with van der Waals surface area (Å²) in [6.45, 7) is 3.69. The van der Waals surface area contributed by atoms with E-state index < -0.39 is 32.5 Å². The molecule has 1 fully saturated rings. The van der Waals surface area contributed by atoms with Gasteiger partial charge in [-0.15, -0.1) is 0 Å². The normalized spacial score (nSPS) is 24.9. The summed E-state index contributed by atoms with van der Waals surface area (Å²) >= 11 is 3.35. The average Bonchev–Trinajstić information content (AvgIpc) is 3.25. The van der Waals surface area contributed by atoms with Crippen LogP contribution in [0.2, 0.25) is 0 Å². The number of ether oxygens (including phenoxy) is 1. The van der Waals surface area contributed by atoms with Crippen molar-refractivity contribution < 1.29 is 17.9 Å². The highest BCUT2D eigenvalue weighted by Gasteiger charge is 2.74. The predicted molar refractivity (Wildman–Crippen MR) is 103 cm³/mol. The number of hydrogen-bond acceptors (Lipinski definition) is 5. The van der Waals surface area contributed by atoms with Crippen molar-refractivity contribution in [2.45, 2.75) is 35.4 Å². The van der Waals surface area contributed by atoms with Crippen LogP contribution in [0.4, 0.5) is 0 Å². The molecule has 1 aliphatic rings. The van der Waals surface area contributed by atoms with E-state index in [4.69, 9.17) is 10.5 Å². The number of carbonyl (C=O) groups excluding carboxylic acids is 1. The molecule has 1 aliphatic carbocycles. The van der Waals surface area contributed by atoms with Crippen LogP contribution in [-0.2, 0) is 19.4 Å². The minimum absolute atomic E-state index is 0.141.